The van der Waals surface area contributed by atoms with Crippen LogP contribution in [0.3, 0.4) is 0 Å². The number of nitrogens with zero attached hydrogens (tertiary/aromatic N) is 1. The molecule has 4 nitrogen and oxygen atoms in total. The van der Waals surface area contributed by atoms with Gasteiger partial charge in [-0.05, 0) is 6.92 Å². The monoisotopic (exact) mass is 243 g/mol. The molecule has 0 aliphatic carbocycles. The van der Waals surface area contributed by atoms with E-state index in [0.29, 0.717) is 5.23 Å². The minimum Gasteiger partial charge on any atom is -0.550 e. The zero-order valence-electron chi connectivity index (χ0n) is 8.35. The number of thioether (sulfide) groups is 1. The third kappa shape index (κ3) is 4.44. The van der Waals surface area contributed by atoms with E-state index >= 15 is 0 Å². The van der Waals surface area contributed by atoms with E-state index in [-0.39, 0.29) is 47.3 Å². The van der Waals surface area contributed by atoms with Crippen molar-refractivity contribution in [3.05, 3.63) is 0 Å². The van der Waals surface area contributed by atoms with E-state index in [2.05, 4.69) is 4.99 Å². The topological polar surface area (TPSA) is 61.7 Å². The predicted molar refractivity (Wildman–Crippen MR) is 52.5 cm³/mol. The second-order valence-corrected chi connectivity index (χ2v) is 4.31. The Morgan fingerprint density at radius 1 is 1.79 bits per heavy atom. The van der Waals surface area contributed by atoms with Gasteiger partial charge in [0.05, 0.1) is 18.1 Å². The van der Waals surface area contributed by atoms with Crippen molar-refractivity contribution in [2.45, 2.75) is 24.6 Å². The third-order valence-corrected chi connectivity index (χ3v) is 3.31. The van der Waals surface area contributed by atoms with Crippen LogP contribution in [0.4, 0.5) is 0 Å². The molecule has 14 heavy (non-hydrogen) atoms. The number of aliphatic carboxylic acids is 1. The minimum atomic E-state index is -1.04. The van der Waals surface area contributed by atoms with Crippen LogP contribution in [-0.2, 0) is 8.98 Å². The first-order chi connectivity index (χ1) is 6.13. The summed E-state index contributed by atoms with van der Waals surface area (Å²) in [6.07, 6.45) is 1.82. The summed E-state index contributed by atoms with van der Waals surface area (Å²) < 4.78 is 5.10. The van der Waals surface area contributed by atoms with E-state index < -0.39 is 5.97 Å². The van der Waals surface area contributed by atoms with Crippen LogP contribution >= 0.6 is 23.8 Å². The smallest absolute Gasteiger partial charge is 0.550 e. The standard InChI is InChI=1S/C7H11NO3S2.Na/c1-4-5(3-6(9)10)13-7(8-4)11-12-2;/h4-5H,3H2,1-2H3,(H,9,10);/q;+1/p-1. The van der Waals surface area contributed by atoms with Gasteiger partial charge in [0.2, 0.25) is 0 Å². The number of carboxylic acid groups (broad SMARTS) is 1. The van der Waals surface area contributed by atoms with Gasteiger partial charge in [-0.25, -0.2) is 4.99 Å². The fraction of sp³-hybridized carbons (Fsp3) is 0.714. The van der Waals surface area contributed by atoms with E-state index in [1.165, 1.54) is 23.8 Å². The Bertz CT molecular complexity index is 237. The van der Waals surface area contributed by atoms with Gasteiger partial charge in [-0.2, -0.15) is 0 Å². The van der Waals surface area contributed by atoms with Crippen molar-refractivity contribution < 1.29 is 43.6 Å². The summed E-state index contributed by atoms with van der Waals surface area (Å²) in [4.78, 5) is 14.5. The van der Waals surface area contributed by atoms with Crippen molar-refractivity contribution in [2.24, 2.45) is 4.99 Å². The maximum atomic E-state index is 10.3. The molecule has 0 bridgehead atoms. The SMILES string of the molecule is CSOC1=NC(C)C(CC(=O)[O-])S1.[Na+]. The fourth-order valence-corrected chi connectivity index (χ4v) is 2.51. The molecule has 0 saturated carbocycles. The van der Waals surface area contributed by atoms with Gasteiger partial charge in [-0.1, -0.05) is 11.8 Å². The quantitative estimate of drug-likeness (QED) is 0.398. The number of carbonyl (C=O) groups is 1. The van der Waals surface area contributed by atoms with Gasteiger partial charge < -0.3 is 14.1 Å². The van der Waals surface area contributed by atoms with Crippen molar-refractivity contribution in [1.82, 2.24) is 0 Å². The Morgan fingerprint density at radius 2 is 2.43 bits per heavy atom. The average Bonchev–Trinajstić information content (AvgIpc) is 2.31. The summed E-state index contributed by atoms with van der Waals surface area (Å²) in [6.45, 7) is 1.87. The second kappa shape index (κ2) is 7.00. The van der Waals surface area contributed by atoms with Gasteiger partial charge in [-0.3, -0.25) is 0 Å². The molecule has 0 saturated heterocycles. The van der Waals surface area contributed by atoms with Crippen molar-refractivity contribution in [1.29, 1.82) is 0 Å². The number of hydrogen-bond acceptors (Lipinski definition) is 6. The Balaban J connectivity index is 0.00000169. The Morgan fingerprint density at radius 3 is 2.93 bits per heavy atom. The van der Waals surface area contributed by atoms with Gasteiger partial charge >= 0.3 is 29.6 Å². The molecule has 0 aromatic heterocycles. The molecule has 0 aromatic rings. The van der Waals surface area contributed by atoms with E-state index in [0.717, 1.165) is 0 Å². The zero-order valence-corrected chi connectivity index (χ0v) is 12.0. The minimum absolute atomic E-state index is 0. The second-order valence-electron chi connectivity index (χ2n) is 2.62. The van der Waals surface area contributed by atoms with Crippen LogP contribution in [0.25, 0.3) is 0 Å². The largest absolute Gasteiger partial charge is 1.00 e. The maximum absolute atomic E-state index is 10.3. The molecule has 74 valence electrons. The summed E-state index contributed by atoms with van der Waals surface area (Å²) >= 11 is 2.56. The molecule has 7 heteroatoms. The number of aliphatic imine (C=N–C) groups is 1. The fourth-order valence-electron chi connectivity index (χ4n) is 0.997. The van der Waals surface area contributed by atoms with Crippen LogP contribution in [0.1, 0.15) is 13.3 Å². The molecule has 0 aromatic carbocycles. The summed E-state index contributed by atoms with van der Waals surface area (Å²) in [6, 6.07) is -0.00921. The molecule has 2 atom stereocenters. The maximum Gasteiger partial charge on any atom is 1.00 e. The van der Waals surface area contributed by atoms with Crippen LogP contribution in [0, 0.1) is 0 Å². The van der Waals surface area contributed by atoms with Crippen LogP contribution in [-0.4, -0.2) is 28.7 Å². The summed E-state index contributed by atoms with van der Waals surface area (Å²) in [5.41, 5.74) is 0. The molecule has 1 heterocycles. The summed E-state index contributed by atoms with van der Waals surface area (Å²) in [5.74, 6) is -1.04. The number of hydrogen-bond donors (Lipinski definition) is 0. The molecule has 2 unspecified atom stereocenters. The molecular weight excluding hydrogens is 233 g/mol. The van der Waals surface area contributed by atoms with Gasteiger partial charge in [0, 0.05) is 23.9 Å². The van der Waals surface area contributed by atoms with Gasteiger partial charge in [0.15, 0.2) is 0 Å². The first-order valence-corrected chi connectivity index (χ1v) is 5.81. The van der Waals surface area contributed by atoms with Crippen molar-refractivity contribution in [2.75, 3.05) is 6.26 Å². The van der Waals surface area contributed by atoms with E-state index in [9.17, 15) is 9.90 Å². The Labute approximate surface area is 114 Å². The van der Waals surface area contributed by atoms with E-state index in [1.54, 1.807) is 6.26 Å². The van der Waals surface area contributed by atoms with Gasteiger partial charge in [0.1, 0.15) is 0 Å². The third-order valence-electron chi connectivity index (χ3n) is 1.62. The van der Waals surface area contributed by atoms with E-state index in [1.807, 2.05) is 6.92 Å². The molecule has 0 amide bonds. The van der Waals surface area contributed by atoms with Crippen molar-refractivity contribution in [3.63, 3.8) is 0 Å². The molecule has 0 spiro atoms. The Hall–Kier alpha value is 0.640. The molecule has 0 N–H and O–H groups in total. The molecule has 0 radical (unpaired) electrons. The van der Waals surface area contributed by atoms with Crippen molar-refractivity contribution >= 4 is 35.0 Å². The van der Waals surface area contributed by atoms with Crippen LogP contribution < -0.4 is 34.7 Å². The van der Waals surface area contributed by atoms with Gasteiger partial charge in [-0.15, -0.1) is 0 Å². The summed E-state index contributed by atoms with van der Waals surface area (Å²) in [7, 11) is 0. The van der Waals surface area contributed by atoms with Crippen LogP contribution in [0.15, 0.2) is 4.99 Å². The van der Waals surface area contributed by atoms with E-state index in [4.69, 9.17) is 4.18 Å². The zero-order chi connectivity index (χ0) is 9.84. The van der Waals surface area contributed by atoms with Gasteiger partial charge in [0.25, 0.3) is 5.23 Å². The molecular formula is C7H10NNaO3S2. The molecule has 1 aliphatic heterocycles. The summed E-state index contributed by atoms with van der Waals surface area (Å²) in [5, 5.41) is 10.9. The van der Waals surface area contributed by atoms with Crippen molar-refractivity contribution in [3.8, 4) is 0 Å². The number of carboxylic acids is 1. The molecule has 0 fully saturated rings. The average molecular weight is 243 g/mol. The Kier molecular flexibility index (Phi) is 7.32. The molecule has 1 aliphatic rings. The first-order valence-electron chi connectivity index (χ1n) is 3.78. The number of carbonyl (C=O) groups excluding carboxylic acids is 1. The van der Waals surface area contributed by atoms with Crippen LogP contribution in [0.5, 0.6) is 0 Å². The predicted octanol–water partition coefficient (Wildman–Crippen LogP) is -2.72. The first kappa shape index (κ1) is 14.6. The normalized spacial score (nSPS) is 25.1. The number of rotatable bonds is 3. The van der Waals surface area contributed by atoms with Crippen LogP contribution in [0.2, 0.25) is 0 Å². The molecule has 1 rings (SSSR count).